The molecule has 0 radical (unpaired) electrons. The highest BCUT2D eigenvalue weighted by Crippen LogP contribution is 2.36. The predicted octanol–water partition coefficient (Wildman–Crippen LogP) is 2.92. The topological polar surface area (TPSA) is 114 Å². The first kappa shape index (κ1) is 28.5. The van der Waals surface area contributed by atoms with Gasteiger partial charge in [0.1, 0.15) is 17.7 Å². The average Bonchev–Trinajstić information content (AvgIpc) is 3.60. The quantitative estimate of drug-likeness (QED) is 0.314. The highest BCUT2D eigenvalue weighted by Gasteiger charge is 2.44. The van der Waals surface area contributed by atoms with Crippen LogP contribution in [0.4, 0.5) is 4.79 Å². The monoisotopic (exact) mass is 507 g/mol. The van der Waals surface area contributed by atoms with Crippen LogP contribution in [-0.4, -0.2) is 65.4 Å². The number of benzene rings is 1. The van der Waals surface area contributed by atoms with E-state index in [0.29, 0.717) is 5.56 Å². The third-order valence-corrected chi connectivity index (χ3v) is 5.67. The van der Waals surface area contributed by atoms with Gasteiger partial charge in [0.05, 0.1) is 13.0 Å². The van der Waals surface area contributed by atoms with Gasteiger partial charge in [-0.1, -0.05) is 24.3 Å². The van der Waals surface area contributed by atoms with E-state index in [9.17, 15) is 19.2 Å². The summed E-state index contributed by atoms with van der Waals surface area (Å²) in [7, 11) is 0. The molecule has 35 heavy (non-hydrogen) atoms. The van der Waals surface area contributed by atoms with Crippen molar-refractivity contribution in [2.24, 2.45) is 0 Å². The zero-order chi connectivity index (χ0) is 26.2. The van der Waals surface area contributed by atoms with Gasteiger partial charge in [-0.3, -0.25) is 14.4 Å². The summed E-state index contributed by atoms with van der Waals surface area (Å²) < 4.78 is 10.2. The number of rotatable bonds is 11. The molecule has 3 amide bonds. The maximum Gasteiger partial charge on any atom is 0.408 e. The molecule has 1 aliphatic carbocycles. The van der Waals surface area contributed by atoms with Crippen LogP contribution < -0.4 is 10.6 Å². The standard InChI is InChI=1S/C25H37N3O6S/c1-6-33-20(29)13-14-26-22(30)21(18-10-8-7-9-16(18)2)28(17-11-12-17)23(31)19(15-35)27-24(32)34-25(3,4)5/h7-10,17,19,21,35H,6,11-15H2,1-5H3,(H,26,30)(H,27,32). The van der Waals surface area contributed by atoms with Crippen LogP contribution in [0.3, 0.4) is 0 Å². The molecule has 1 fully saturated rings. The number of aryl methyl sites for hydroxylation is 1. The van der Waals surface area contributed by atoms with Crippen LogP contribution in [0, 0.1) is 6.92 Å². The third kappa shape index (κ3) is 8.76. The lowest BCUT2D eigenvalue weighted by Gasteiger charge is -2.35. The molecule has 9 nitrogen and oxygen atoms in total. The summed E-state index contributed by atoms with van der Waals surface area (Å²) in [6, 6.07) is 5.30. The van der Waals surface area contributed by atoms with Gasteiger partial charge in [0.15, 0.2) is 0 Å². The Balaban J connectivity index is 2.31. The van der Waals surface area contributed by atoms with E-state index in [1.54, 1.807) is 32.6 Å². The number of nitrogens with zero attached hydrogens (tertiary/aromatic N) is 1. The summed E-state index contributed by atoms with van der Waals surface area (Å²) in [6.45, 7) is 9.13. The van der Waals surface area contributed by atoms with Crippen molar-refractivity contribution >= 4 is 36.5 Å². The van der Waals surface area contributed by atoms with Crippen LogP contribution >= 0.6 is 12.6 Å². The van der Waals surface area contributed by atoms with E-state index in [-0.39, 0.29) is 31.4 Å². The Morgan fingerprint density at radius 2 is 1.83 bits per heavy atom. The van der Waals surface area contributed by atoms with E-state index < -0.39 is 41.6 Å². The lowest BCUT2D eigenvalue weighted by molar-refractivity contribution is -0.144. The molecule has 0 saturated heterocycles. The largest absolute Gasteiger partial charge is 0.466 e. The molecule has 194 valence electrons. The number of nitrogens with one attached hydrogen (secondary N) is 2. The lowest BCUT2D eigenvalue weighted by Crippen LogP contribution is -2.54. The SMILES string of the molecule is CCOC(=O)CCNC(=O)C(c1ccccc1C)N(C(=O)C(CS)NC(=O)OC(C)(C)C)C1CC1. The first-order valence-electron chi connectivity index (χ1n) is 11.9. The van der Waals surface area contributed by atoms with E-state index in [0.717, 1.165) is 18.4 Å². The third-order valence-electron chi connectivity index (χ3n) is 5.31. The Hall–Kier alpha value is -2.75. The summed E-state index contributed by atoms with van der Waals surface area (Å²) in [5.41, 5.74) is 0.794. The normalized spacial score (nSPS) is 14.9. The van der Waals surface area contributed by atoms with Crippen LogP contribution in [0.1, 0.15) is 64.1 Å². The van der Waals surface area contributed by atoms with Gasteiger partial charge in [-0.2, -0.15) is 12.6 Å². The molecule has 0 heterocycles. The molecule has 1 aromatic rings. The second-order valence-electron chi connectivity index (χ2n) is 9.46. The molecule has 2 N–H and O–H groups in total. The number of hydrogen-bond donors (Lipinski definition) is 3. The van der Waals surface area contributed by atoms with Gasteiger partial charge in [0.25, 0.3) is 0 Å². The van der Waals surface area contributed by atoms with E-state index in [2.05, 4.69) is 23.3 Å². The summed E-state index contributed by atoms with van der Waals surface area (Å²) in [6.07, 6.45) is 0.787. The van der Waals surface area contributed by atoms with Crippen LogP contribution in [0.15, 0.2) is 24.3 Å². The number of thiol groups is 1. The Morgan fingerprint density at radius 1 is 1.17 bits per heavy atom. The second-order valence-corrected chi connectivity index (χ2v) is 9.83. The number of ether oxygens (including phenoxy) is 2. The second kappa shape index (κ2) is 12.8. The fraction of sp³-hybridized carbons (Fsp3) is 0.600. The Labute approximate surface area is 212 Å². The number of amides is 3. The molecule has 10 heteroatoms. The fourth-order valence-electron chi connectivity index (χ4n) is 3.61. The van der Waals surface area contributed by atoms with Crippen molar-refractivity contribution in [3.05, 3.63) is 35.4 Å². The minimum atomic E-state index is -0.979. The zero-order valence-electron chi connectivity index (χ0n) is 21.1. The van der Waals surface area contributed by atoms with Crippen molar-refractivity contribution < 1.29 is 28.7 Å². The van der Waals surface area contributed by atoms with E-state index in [1.807, 2.05) is 31.2 Å². The van der Waals surface area contributed by atoms with Crippen LogP contribution in [-0.2, 0) is 23.9 Å². The first-order valence-corrected chi connectivity index (χ1v) is 12.5. The zero-order valence-corrected chi connectivity index (χ0v) is 22.0. The van der Waals surface area contributed by atoms with Crippen LogP contribution in [0.25, 0.3) is 0 Å². The maximum atomic E-state index is 13.7. The predicted molar refractivity (Wildman–Crippen MR) is 135 cm³/mol. The minimum Gasteiger partial charge on any atom is -0.466 e. The van der Waals surface area contributed by atoms with E-state index in [1.165, 1.54) is 0 Å². The fourth-order valence-corrected chi connectivity index (χ4v) is 3.86. The van der Waals surface area contributed by atoms with Crippen molar-refractivity contribution in [1.29, 1.82) is 0 Å². The summed E-state index contributed by atoms with van der Waals surface area (Å²) in [5, 5.41) is 5.38. The molecule has 1 saturated carbocycles. The molecule has 2 rings (SSSR count). The smallest absolute Gasteiger partial charge is 0.408 e. The van der Waals surface area contributed by atoms with Gasteiger partial charge in [0, 0.05) is 18.3 Å². The summed E-state index contributed by atoms with van der Waals surface area (Å²) in [5.74, 6) is -1.19. The Bertz CT molecular complexity index is 913. The van der Waals surface area contributed by atoms with Gasteiger partial charge < -0.3 is 25.0 Å². The Kier molecular flexibility index (Phi) is 10.4. The van der Waals surface area contributed by atoms with Crippen LogP contribution in [0.2, 0.25) is 0 Å². The van der Waals surface area contributed by atoms with Gasteiger partial charge in [-0.25, -0.2) is 4.79 Å². The molecule has 0 aromatic heterocycles. The van der Waals surface area contributed by atoms with Crippen molar-refractivity contribution in [3.63, 3.8) is 0 Å². The van der Waals surface area contributed by atoms with Crippen molar-refractivity contribution in [1.82, 2.24) is 15.5 Å². The average molecular weight is 508 g/mol. The molecular formula is C25H37N3O6S. The van der Waals surface area contributed by atoms with Gasteiger partial charge in [-0.05, 0) is 58.6 Å². The van der Waals surface area contributed by atoms with Crippen LogP contribution in [0.5, 0.6) is 0 Å². The number of hydrogen-bond acceptors (Lipinski definition) is 7. The highest BCUT2D eigenvalue weighted by atomic mass is 32.1. The first-order chi connectivity index (χ1) is 16.5. The molecule has 0 aliphatic heterocycles. The molecule has 2 atom stereocenters. The van der Waals surface area contributed by atoms with Crippen molar-refractivity contribution in [2.75, 3.05) is 18.9 Å². The number of carbonyl (C=O) groups is 4. The molecule has 0 bridgehead atoms. The molecule has 1 aliphatic rings. The molecule has 1 aromatic carbocycles. The molecular weight excluding hydrogens is 470 g/mol. The highest BCUT2D eigenvalue weighted by molar-refractivity contribution is 7.80. The lowest BCUT2D eigenvalue weighted by atomic mass is 9.98. The van der Waals surface area contributed by atoms with Gasteiger partial charge >= 0.3 is 12.1 Å². The summed E-state index contributed by atoms with van der Waals surface area (Å²) in [4.78, 5) is 52.8. The molecule has 0 spiro atoms. The van der Waals surface area contributed by atoms with Gasteiger partial charge in [0.2, 0.25) is 11.8 Å². The minimum absolute atomic E-state index is 0.0247. The number of esters is 1. The maximum absolute atomic E-state index is 13.7. The van der Waals surface area contributed by atoms with Crippen molar-refractivity contribution in [3.8, 4) is 0 Å². The van der Waals surface area contributed by atoms with E-state index >= 15 is 0 Å². The Morgan fingerprint density at radius 3 is 2.37 bits per heavy atom. The van der Waals surface area contributed by atoms with Gasteiger partial charge in [-0.15, -0.1) is 0 Å². The summed E-state index contributed by atoms with van der Waals surface area (Å²) >= 11 is 4.28. The molecule has 2 unspecified atom stereocenters. The number of carbonyl (C=O) groups excluding carboxylic acids is 4. The van der Waals surface area contributed by atoms with E-state index in [4.69, 9.17) is 9.47 Å². The van der Waals surface area contributed by atoms with Crippen molar-refractivity contribution in [2.45, 2.75) is 77.6 Å². The number of alkyl carbamates (subject to hydrolysis) is 1.